The lowest BCUT2D eigenvalue weighted by molar-refractivity contribution is 0.223. The molecular formula is C16H21ClN2. The predicted molar refractivity (Wildman–Crippen MR) is 80.9 cm³/mol. The van der Waals surface area contributed by atoms with E-state index in [1.54, 1.807) is 0 Å². The zero-order valence-corrected chi connectivity index (χ0v) is 12.5. The molecule has 0 amide bonds. The van der Waals surface area contributed by atoms with Gasteiger partial charge in [0, 0.05) is 18.3 Å². The van der Waals surface area contributed by atoms with E-state index in [4.69, 9.17) is 16.6 Å². The molecular weight excluding hydrogens is 256 g/mol. The summed E-state index contributed by atoms with van der Waals surface area (Å²) in [4.78, 5) is 4.80. The predicted octanol–water partition coefficient (Wildman–Crippen LogP) is 4.49. The maximum absolute atomic E-state index is 5.95. The Balaban J connectivity index is 2.09. The smallest absolute Gasteiger partial charge is 0.111 e. The summed E-state index contributed by atoms with van der Waals surface area (Å²) in [5.74, 6) is 2.60. The van der Waals surface area contributed by atoms with Gasteiger partial charge in [-0.2, -0.15) is 0 Å². The van der Waals surface area contributed by atoms with Crippen molar-refractivity contribution in [3.63, 3.8) is 0 Å². The molecule has 1 saturated carbocycles. The summed E-state index contributed by atoms with van der Waals surface area (Å²) in [6, 6.07) is 7.11. The number of alkyl halides is 1. The van der Waals surface area contributed by atoms with Gasteiger partial charge >= 0.3 is 0 Å². The van der Waals surface area contributed by atoms with Crippen molar-refractivity contribution in [1.29, 1.82) is 0 Å². The Kier molecular flexibility index (Phi) is 3.53. The van der Waals surface area contributed by atoms with E-state index < -0.39 is 0 Å². The molecule has 1 unspecified atom stereocenters. The normalized spacial score (nSPS) is 17.6. The van der Waals surface area contributed by atoms with Gasteiger partial charge < -0.3 is 4.57 Å². The molecule has 0 spiro atoms. The van der Waals surface area contributed by atoms with Crippen LogP contribution in [0.1, 0.15) is 43.6 Å². The second-order valence-electron chi connectivity index (χ2n) is 5.76. The lowest BCUT2D eigenvalue weighted by Crippen LogP contribution is -2.24. The fraction of sp³-hybridized carbons (Fsp3) is 0.562. The second-order valence-corrected chi connectivity index (χ2v) is 6.14. The fourth-order valence-electron chi connectivity index (χ4n) is 3.11. The molecule has 0 bridgehead atoms. The van der Waals surface area contributed by atoms with Crippen LogP contribution < -0.4 is 0 Å². The molecule has 1 aromatic heterocycles. The summed E-state index contributed by atoms with van der Waals surface area (Å²) in [6.45, 7) is 4.46. The molecule has 102 valence electrons. The van der Waals surface area contributed by atoms with Gasteiger partial charge in [0.2, 0.25) is 0 Å². The van der Waals surface area contributed by atoms with Crippen LogP contribution in [0.2, 0.25) is 0 Å². The molecule has 1 heterocycles. The molecule has 1 atom stereocenters. The average Bonchev–Trinajstić information content (AvgIpc) is 2.64. The number of nitrogens with zero attached hydrogens (tertiary/aromatic N) is 2. The second kappa shape index (κ2) is 5.16. The van der Waals surface area contributed by atoms with Gasteiger partial charge in [0.25, 0.3) is 0 Å². The minimum atomic E-state index is 0.541. The van der Waals surface area contributed by atoms with Crippen molar-refractivity contribution >= 4 is 22.6 Å². The van der Waals surface area contributed by atoms with Crippen molar-refractivity contribution in [2.24, 2.45) is 5.92 Å². The number of rotatable bonds is 4. The van der Waals surface area contributed by atoms with Gasteiger partial charge in [-0.1, -0.05) is 12.5 Å². The first kappa shape index (κ1) is 13.0. The number of hydrogen-bond acceptors (Lipinski definition) is 1. The summed E-state index contributed by atoms with van der Waals surface area (Å²) >= 11 is 5.95. The molecule has 19 heavy (non-hydrogen) atoms. The van der Waals surface area contributed by atoms with Crippen LogP contribution in [0.4, 0.5) is 0 Å². The third kappa shape index (κ3) is 2.27. The van der Waals surface area contributed by atoms with Gasteiger partial charge in [-0.05, 0) is 50.3 Å². The van der Waals surface area contributed by atoms with Crippen molar-refractivity contribution in [3.8, 4) is 0 Å². The first-order valence-electron chi connectivity index (χ1n) is 7.24. The summed E-state index contributed by atoms with van der Waals surface area (Å²) in [7, 11) is 0. The Bertz CT molecular complexity index is 584. The molecule has 3 heteroatoms. The maximum atomic E-state index is 5.95. The van der Waals surface area contributed by atoms with Crippen molar-refractivity contribution in [3.05, 3.63) is 29.6 Å². The summed E-state index contributed by atoms with van der Waals surface area (Å²) in [6.07, 6.45) is 4.94. The number of aromatic nitrogens is 2. The van der Waals surface area contributed by atoms with Gasteiger partial charge in [0.05, 0.1) is 11.0 Å². The van der Waals surface area contributed by atoms with E-state index in [2.05, 4.69) is 36.6 Å². The zero-order valence-electron chi connectivity index (χ0n) is 11.7. The molecule has 0 saturated heterocycles. The highest BCUT2D eigenvalue weighted by Gasteiger charge is 2.27. The van der Waals surface area contributed by atoms with Crippen LogP contribution in [0, 0.1) is 12.8 Å². The molecule has 2 aromatic rings. The van der Waals surface area contributed by atoms with E-state index in [0.29, 0.717) is 11.9 Å². The minimum Gasteiger partial charge on any atom is -0.325 e. The van der Waals surface area contributed by atoms with Gasteiger partial charge in [-0.25, -0.2) is 4.98 Å². The van der Waals surface area contributed by atoms with Crippen LogP contribution in [-0.4, -0.2) is 15.4 Å². The van der Waals surface area contributed by atoms with Crippen molar-refractivity contribution in [2.45, 2.75) is 45.6 Å². The van der Waals surface area contributed by atoms with E-state index in [1.807, 2.05) is 0 Å². The largest absolute Gasteiger partial charge is 0.325 e. The van der Waals surface area contributed by atoms with E-state index in [9.17, 15) is 0 Å². The SMILES string of the molecule is Cc1ccc2c(c1)nc(CCCl)n2C(C)C1CCC1. The van der Waals surface area contributed by atoms with E-state index in [0.717, 1.165) is 23.7 Å². The molecule has 1 aliphatic carbocycles. The number of halogens is 1. The topological polar surface area (TPSA) is 17.8 Å². The van der Waals surface area contributed by atoms with Gasteiger partial charge in [-0.3, -0.25) is 0 Å². The van der Waals surface area contributed by atoms with Gasteiger partial charge in [0.1, 0.15) is 5.82 Å². The standard InChI is InChI=1S/C16H21ClN2/c1-11-6-7-15-14(10-11)18-16(8-9-17)19(15)12(2)13-4-3-5-13/h6-7,10,12-13H,3-5,8-9H2,1-2H3. The lowest BCUT2D eigenvalue weighted by atomic mass is 9.80. The Morgan fingerprint density at radius 1 is 1.42 bits per heavy atom. The first-order chi connectivity index (χ1) is 9.20. The molecule has 1 aliphatic rings. The van der Waals surface area contributed by atoms with Crippen LogP contribution in [0.5, 0.6) is 0 Å². The summed E-state index contributed by atoms with van der Waals surface area (Å²) in [5.41, 5.74) is 3.65. The molecule has 1 aromatic carbocycles. The Morgan fingerprint density at radius 2 is 2.21 bits per heavy atom. The number of fused-ring (bicyclic) bond motifs is 1. The van der Waals surface area contributed by atoms with E-state index >= 15 is 0 Å². The zero-order chi connectivity index (χ0) is 13.4. The van der Waals surface area contributed by atoms with Crippen molar-refractivity contribution in [2.75, 3.05) is 5.88 Å². The molecule has 3 rings (SSSR count). The monoisotopic (exact) mass is 276 g/mol. The van der Waals surface area contributed by atoms with Crippen LogP contribution in [0.3, 0.4) is 0 Å². The number of imidazole rings is 1. The maximum Gasteiger partial charge on any atom is 0.111 e. The van der Waals surface area contributed by atoms with Crippen LogP contribution in [0.25, 0.3) is 11.0 Å². The van der Waals surface area contributed by atoms with Gasteiger partial charge in [0.15, 0.2) is 0 Å². The molecule has 1 fully saturated rings. The minimum absolute atomic E-state index is 0.541. The summed E-state index contributed by atoms with van der Waals surface area (Å²) < 4.78 is 2.43. The Hall–Kier alpha value is -1.02. The highest BCUT2D eigenvalue weighted by Crippen LogP contribution is 2.38. The molecule has 0 N–H and O–H groups in total. The number of benzene rings is 1. The molecule has 0 aliphatic heterocycles. The highest BCUT2D eigenvalue weighted by molar-refractivity contribution is 6.17. The Labute approximate surface area is 119 Å². The van der Waals surface area contributed by atoms with Crippen molar-refractivity contribution < 1.29 is 0 Å². The number of aryl methyl sites for hydroxylation is 2. The number of hydrogen-bond donors (Lipinski definition) is 0. The Morgan fingerprint density at radius 3 is 2.84 bits per heavy atom. The highest BCUT2D eigenvalue weighted by atomic mass is 35.5. The molecule has 2 nitrogen and oxygen atoms in total. The molecule has 0 radical (unpaired) electrons. The van der Waals surface area contributed by atoms with E-state index in [-0.39, 0.29) is 0 Å². The van der Waals surface area contributed by atoms with E-state index in [1.165, 1.54) is 30.3 Å². The fourth-order valence-corrected chi connectivity index (χ4v) is 3.28. The lowest BCUT2D eigenvalue weighted by Gasteiger charge is -2.33. The van der Waals surface area contributed by atoms with Crippen LogP contribution >= 0.6 is 11.6 Å². The first-order valence-corrected chi connectivity index (χ1v) is 7.77. The van der Waals surface area contributed by atoms with Crippen LogP contribution in [-0.2, 0) is 6.42 Å². The summed E-state index contributed by atoms with van der Waals surface area (Å²) in [5, 5.41) is 0. The van der Waals surface area contributed by atoms with Gasteiger partial charge in [-0.15, -0.1) is 11.6 Å². The van der Waals surface area contributed by atoms with Crippen molar-refractivity contribution in [1.82, 2.24) is 9.55 Å². The average molecular weight is 277 g/mol. The third-order valence-electron chi connectivity index (χ3n) is 4.48. The van der Waals surface area contributed by atoms with Crippen LogP contribution in [0.15, 0.2) is 18.2 Å². The third-order valence-corrected chi connectivity index (χ3v) is 4.66. The quantitative estimate of drug-likeness (QED) is 0.753.